The van der Waals surface area contributed by atoms with Crippen molar-refractivity contribution in [3.63, 3.8) is 0 Å². The summed E-state index contributed by atoms with van der Waals surface area (Å²) in [4.78, 5) is 24.3. The molecule has 1 N–H and O–H groups in total. The zero-order chi connectivity index (χ0) is 20.5. The molecule has 2 aromatic carbocycles. The number of nitrogens with one attached hydrogen (secondary N) is 1. The van der Waals surface area contributed by atoms with Crippen LogP contribution in [0, 0.1) is 6.92 Å². The van der Waals surface area contributed by atoms with E-state index in [0.717, 1.165) is 24.8 Å². The van der Waals surface area contributed by atoms with Crippen LogP contribution in [0.15, 0.2) is 42.5 Å². The van der Waals surface area contributed by atoms with Gasteiger partial charge in [0.1, 0.15) is 5.75 Å². The van der Waals surface area contributed by atoms with E-state index in [2.05, 4.69) is 12.2 Å². The minimum atomic E-state index is -0.710. The summed E-state index contributed by atoms with van der Waals surface area (Å²) in [7, 11) is 0. The lowest BCUT2D eigenvalue weighted by Gasteiger charge is -2.14. The molecule has 1 atom stereocenters. The number of esters is 1. The third-order valence-electron chi connectivity index (χ3n) is 4.19. The second kappa shape index (κ2) is 10.7. The topological polar surface area (TPSA) is 64.6 Å². The molecule has 5 nitrogen and oxygen atoms in total. The number of aryl methyl sites for hydroxylation is 1. The predicted octanol–water partition coefficient (Wildman–Crippen LogP) is 5.40. The predicted molar refractivity (Wildman–Crippen MR) is 111 cm³/mol. The number of ether oxygens (including phenoxy) is 2. The van der Waals surface area contributed by atoms with E-state index in [-0.39, 0.29) is 5.91 Å². The number of rotatable bonds is 9. The standard InChI is InChI=1S/C22H26ClNO4/c1-4-5-6-13-27-22(26)16(3)28-19-10-7-17(8-11-19)21(25)24-20-12-9-18(23)14-15(20)2/h7-12,14,16H,4-6,13H2,1-3H3,(H,24,25). The van der Waals surface area contributed by atoms with Crippen LogP contribution in [0.4, 0.5) is 5.69 Å². The van der Waals surface area contributed by atoms with Gasteiger partial charge in [0.25, 0.3) is 5.91 Å². The Balaban J connectivity index is 1.89. The molecule has 0 radical (unpaired) electrons. The van der Waals surface area contributed by atoms with E-state index in [1.165, 1.54) is 0 Å². The average molecular weight is 404 g/mol. The minimum absolute atomic E-state index is 0.236. The van der Waals surface area contributed by atoms with E-state index in [9.17, 15) is 9.59 Å². The SMILES string of the molecule is CCCCCOC(=O)C(C)Oc1ccc(C(=O)Nc2ccc(Cl)cc2C)cc1. The van der Waals surface area contributed by atoms with Crippen LogP contribution >= 0.6 is 11.6 Å². The molecule has 2 aromatic rings. The molecule has 0 saturated carbocycles. The number of hydrogen-bond donors (Lipinski definition) is 1. The summed E-state index contributed by atoms with van der Waals surface area (Å²) in [5, 5.41) is 3.47. The van der Waals surface area contributed by atoms with E-state index in [1.807, 2.05) is 6.92 Å². The minimum Gasteiger partial charge on any atom is -0.479 e. The van der Waals surface area contributed by atoms with Gasteiger partial charge in [-0.25, -0.2) is 4.79 Å². The van der Waals surface area contributed by atoms with Crippen molar-refractivity contribution in [3.05, 3.63) is 58.6 Å². The molecule has 1 unspecified atom stereocenters. The number of halogens is 1. The largest absolute Gasteiger partial charge is 0.479 e. The Hall–Kier alpha value is -2.53. The van der Waals surface area contributed by atoms with Gasteiger partial charge in [0.05, 0.1) is 6.61 Å². The first-order valence-electron chi connectivity index (χ1n) is 9.41. The Bertz CT molecular complexity index is 805. The number of benzene rings is 2. The van der Waals surface area contributed by atoms with Crippen LogP contribution < -0.4 is 10.1 Å². The third kappa shape index (κ3) is 6.57. The molecule has 28 heavy (non-hydrogen) atoms. The van der Waals surface area contributed by atoms with Gasteiger partial charge >= 0.3 is 5.97 Å². The molecule has 0 aliphatic carbocycles. The number of anilines is 1. The first-order chi connectivity index (χ1) is 13.4. The Kier molecular flexibility index (Phi) is 8.33. The van der Waals surface area contributed by atoms with Crippen molar-refractivity contribution in [1.29, 1.82) is 0 Å². The highest BCUT2D eigenvalue weighted by Gasteiger charge is 2.16. The zero-order valence-corrected chi connectivity index (χ0v) is 17.2. The number of hydrogen-bond acceptors (Lipinski definition) is 4. The van der Waals surface area contributed by atoms with Gasteiger partial charge in [0.2, 0.25) is 0 Å². The highest BCUT2D eigenvalue weighted by molar-refractivity contribution is 6.30. The van der Waals surface area contributed by atoms with E-state index >= 15 is 0 Å². The van der Waals surface area contributed by atoms with Crippen LogP contribution in [-0.2, 0) is 9.53 Å². The van der Waals surface area contributed by atoms with Crippen LogP contribution in [-0.4, -0.2) is 24.6 Å². The lowest BCUT2D eigenvalue weighted by atomic mass is 10.1. The van der Waals surface area contributed by atoms with Gasteiger partial charge in [0.15, 0.2) is 6.10 Å². The lowest BCUT2D eigenvalue weighted by molar-refractivity contribution is -0.151. The van der Waals surface area contributed by atoms with Gasteiger partial charge in [-0.05, 0) is 68.3 Å². The molecule has 0 spiro atoms. The fourth-order valence-corrected chi connectivity index (χ4v) is 2.77. The normalized spacial score (nSPS) is 11.6. The van der Waals surface area contributed by atoms with Gasteiger partial charge in [0, 0.05) is 16.3 Å². The third-order valence-corrected chi connectivity index (χ3v) is 4.43. The monoisotopic (exact) mass is 403 g/mol. The average Bonchev–Trinajstić information content (AvgIpc) is 2.67. The maximum atomic E-state index is 12.4. The van der Waals surface area contributed by atoms with Crippen molar-refractivity contribution in [2.45, 2.75) is 46.1 Å². The highest BCUT2D eigenvalue weighted by atomic mass is 35.5. The summed E-state index contributed by atoms with van der Waals surface area (Å²) in [6.45, 7) is 6.02. The van der Waals surface area contributed by atoms with Crippen LogP contribution in [0.1, 0.15) is 49.0 Å². The molecule has 0 bridgehead atoms. The number of amides is 1. The quantitative estimate of drug-likeness (QED) is 0.449. The van der Waals surface area contributed by atoms with Gasteiger partial charge < -0.3 is 14.8 Å². The molecule has 0 fully saturated rings. The summed E-state index contributed by atoms with van der Waals surface area (Å²) < 4.78 is 10.8. The zero-order valence-electron chi connectivity index (χ0n) is 16.5. The molecular weight excluding hydrogens is 378 g/mol. The summed E-state index contributed by atoms with van der Waals surface area (Å²) in [5.41, 5.74) is 2.07. The van der Waals surface area contributed by atoms with Crippen LogP contribution in [0.2, 0.25) is 5.02 Å². The molecule has 0 saturated heterocycles. The van der Waals surface area contributed by atoms with E-state index in [4.69, 9.17) is 21.1 Å². The molecule has 0 heterocycles. The Morgan fingerprint density at radius 2 is 1.82 bits per heavy atom. The van der Waals surface area contributed by atoms with Crippen LogP contribution in [0.5, 0.6) is 5.75 Å². The van der Waals surface area contributed by atoms with Crippen molar-refractivity contribution in [1.82, 2.24) is 0 Å². The fraction of sp³-hybridized carbons (Fsp3) is 0.364. The Morgan fingerprint density at radius 3 is 2.46 bits per heavy atom. The van der Waals surface area contributed by atoms with Gasteiger partial charge in [-0.1, -0.05) is 31.4 Å². The molecule has 2 rings (SSSR count). The van der Waals surface area contributed by atoms with Crippen molar-refractivity contribution in [2.75, 3.05) is 11.9 Å². The van der Waals surface area contributed by atoms with E-state index < -0.39 is 12.1 Å². The van der Waals surface area contributed by atoms with Crippen molar-refractivity contribution >= 4 is 29.2 Å². The first-order valence-corrected chi connectivity index (χ1v) is 9.79. The summed E-state index contributed by atoms with van der Waals surface area (Å²) in [6.07, 6.45) is 2.24. The molecular formula is C22H26ClNO4. The molecule has 0 aliphatic heterocycles. The smallest absolute Gasteiger partial charge is 0.347 e. The second-order valence-electron chi connectivity index (χ2n) is 6.57. The first kappa shape index (κ1) is 21.8. The molecule has 0 aliphatic rings. The molecule has 0 aromatic heterocycles. The van der Waals surface area contributed by atoms with Crippen molar-refractivity contribution < 1.29 is 19.1 Å². The maximum Gasteiger partial charge on any atom is 0.347 e. The summed E-state index contributed by atoms with van der Waals surface area (Å²) in [5.74, 6) is -0.131. The highest BCUT2D eigenvalue weighted by Crippen LogP contribution is 2.21. The van der Waals surface area contributed by atoms with Crippen LogP contribution in [0.25, 0.3) is 0 Å². The van der Waals surface area contributed by atoms with E-state index in [0.29, 0.717) is 28.6 Å². The van der Waals surface area contributed by atoms with Gasteiger partial charge in [-0.15, -0.1) is 0 Å². The summed E-state index contributed by atoms with van der Waals surface area (Å²) >= 11 is 5.93. The Labute approximate surface area is 171 Å². The van der Waals surface area contributed by atoms with Gasteiger partial charge in [-0.2, -0.15) is 0 Å². The molecule has 6 heteroatoms. The molecule has 150 valence electrons. The second-order valence-corrected chi connectivity index (χ2v) is 7.01. The van der Waals surface area contributed by atoms with Gasteiger partial charge in [-0.3, -0.25) is 4.79 Å². The number of carbonyl (C=O) groups is 2. The number of carbonyl (C=O) groups excluding carboxylic acids is 2. The lowest BCUT2D eigenvalue weighted by Crippen LogP contribution is -2.26. The number of unbranched alkanes of at least 4 members (excludes halogenated alkanes) is 2. The van der Waals surface area contributed by atoms with Crippen molar-refractivity contribution in [2.24, 2.45) is 0 Å². The van der Waals surface area contributed by atoms with Crippen LogP contribution in [0.3, 0.4) is 0 Å². The van der Waals surface area contributed by atoms with Crippen molar-refractivity contribution in [3.8, 4) is 5.75 Å². The molecule has 1 amide bonds. The van der Waals surface area contributed by atoms with E-state index in [1.54, 1.807) is 49.4 Å². The summed E-state index contributed by atoms with van der Waals surface area (Å²) in [6, 6.07) is 11.9. The fourth-order valence-electron chi connectivity index (χ4n) is 2.54. The maximum absolute atomic E-state index is 12.4. The Morgan fingerprint density at radius 1 is 1.11 bits per heavy atom.